The first kappa shape index (κ1) is 20.6. The van der Waals surface area contributed by atoms with E-state index in [1.165, 1.54) is 16.7 Å². The summed E-state index contributed by atoms with van der Waals surface area (Å²) in [4.78, 5) is 2.37. The van der Waals surface area contributed by atoms with Crippen LogP contribution in [0.5, 0.6) is 5.75 Å². The van der Waals surface area contributed by atoms with E-state index in [4.69, 9.17) is 4.74 Å². The second kappa shape index (κ2) is 9.46. The van der Waals surface area contributed by atoms with Crippen molar-refractivity contribution >= 4 is 0 Å². The fourth-order valence-corrected chi connectivity index (χ4v) is 4.30. The maximum absolute atomic E-state index is 11.3. The molecule has 3 aromatic carbocycles. The number of benzene rings is 3. The Hall–Kier alpha value is -2.62. The molecule has 0 radical (unpaired) electrons. The molecule has 156 valence electrons. The van der Waals surface area contributed by atoms with Gasteiger partial charge in [-0.25, -0.2) is 0 Å². The SMILES string of the molecule is CC(c1ccccc1)c1cc(CN2CCOCC2)c(O)c(C(C)c2ccccc2)c1. The maximum Gasteiger partial charge on any atom is 0.123 e. The third-order valence-corrected chi connectivity index (χ3v) is 6.30. The van der Waals surface area contributed by atoms with Crippen molar-refractivity contribution in [1.82, 2.24) is 4.90 Å². The van der Waals surface area contributed by atoms with Crippen molar-refractivity contribution in [2.45, 2.75) is 32.2 Å². The topological polar surface area (TPSA) is 32.7 Å². The molecule has 0 amide bonds. The number of phenolic OH excluding ortho intramolecular Hbond substituents is 1. The first-order valence-electron chi connectivity index (χ1n) is 10.9. The van der Waals surface area contributed by atoms with Crippen LogP contribution in [0.3, 0.4) is 0 Å². The zero-order valence-electron chi connectivity index (χ0n) is 17.9. The monoisotopic (exact) mass is 401 g/mol. The third kappa shape index (κ3) is 4.58. The number of hydrogen-bond donors (Lipinski definition) is 1. The van der Waals surface area contributed by atoms with Crippen molar-refractivity contribution in [2.75, 3.05) is 26.3 Å². The van der Waals surface area contributed by atoms with Gasteiger partial charge in [-0.3, -0.25) is 4.90 Å². The van der Waals surface area contributed by atoms with Crippen molar-refractivity contribution in [3.63, 3.8) is 0 Å². The van der Waals surface area contributed by atoms with Gasteiger partial charge in [-0.2, -0.15) is 0 Å². The lowest BCUT2D eigenvalue weighted by Crippen LogP contribution is -2.35. The molecule has 1 fully saturated rings. The summed E-state index contributed by atoms with van der Waals surface area (Å²) in [5.41, 5.74) is 5.77. The molecule has 1 aliphatic heterocycles. The van der Waals surface area contributed by atoms with Crippen LogP contribution in [-0.4, -0.2) is 36.3 Å². The number of rotatable bonds is 6. The fourth-order valence-electron chi connectivity index (χ4n) is 4.30. The van der Waals surface area contributed by atoms with Gasteiger partial charge in [-0.05, 0) is 16.7 Å². The molecule has 3 nitrogen and oxygen atoms in total. The molecule has 0 saturated carbocycles. The summed E-state index contributed by atoms with van der Waals surface area (Å²) in [7, 11) is 0. The Morgan fingerprint density at radius 1 is 0.800 bits per heavy atom. The average molecular weight is 402 g/mol. The molecular weight excluding hydrogens is 370 g/mol. The molecule has 3 heteroatoms. The summed E-state index contributed by atoms with van der Waals surface area (Å²) in [5.74, 6) is 0.816. The van der Waals surface area contributed by atoms with E-state index in [-0.39, 0.29) is 11.8 Å². The first-order valence-corrected chi connectivity index (χ1v) is 10.9. The van der Waals surface area contributed by atoms with E-state index in [1.807, 2.05) is 6.07 Å². The van der Waals surface area contributed by atoms with Crippen LogP contribution >= 0.6 is 0 Å². The van der Waals surface area contributed by atoms with Gasteiger partial charge in [-0.1, -0.05) is 86.6 Å². The smallest absolute Gasteiger partial charge is 0.123 e. The molecule has 4 rings (SSSR count). The van der Waals surface area contributed by atoms with Crippen molar-refractivity contribution in [3.8, 4) is 5.75 Å². The van der Waals surface area contributed by atoms with Crippen LogP contribution in [0, 0.1) is 0 Å². The van der Waals surface area contributed by atoms with Gasteiger partial charge in [-0.15, -0.1) is 0 Å². The minimum atomic E-state index is 0.123. The highest BCUT2D eigenvalue weighted by Crippen LogP contribution is 2.38. The van der Waals surface area contributed by atoms with Gasteiger partial charge in [0.2, 0.25) is 0 Å². The molecule has 0 aliphatic carbocycles. The fraction of sp³-hybridized carbons (Fsp3) is 0.333. The van der Waals surface area contributed by atoms with Gasteiger partial charge in [0.1, 0.15) is 5.75 Å². The molecule has 2 unspecified atom stereocenters. The van der Waals surface area contributed by atoms with Crippen molar-refractivity contribution in [3.05, 3.63) is 101 Å². The molecule has 0 aromatic heterocycles. The van der Waals surface area contributed by atoms with Gasteiger partial charge in [0.15, 0.2) is 0 Å². The maximum atomic E-state index is 11.3. The standard InChI is InChI=1S/C27H31NO2/c1-20(22-9-5-3-6-10-22)24-17-25(19-28-13-15-30-16-14-28)27(29)26(18-24)21(2)23-11-7-4-8-12-23/h3-12,17-18,20-21,29H,13-16,19H2,1-2H3. The van der Waals surface area contributed by atoms with E-state index >= 15 is 0 Å². The highest BCUT2D eigenvalue weighted by Gasteiger charge is 2.21. The van der Waals surface area contributed by atoms with Crippen LogP contribution in [-0.2, 0) is 11.3 Å². The Balaban J connectivity index is 1.74. The number of phenols is 1. The molecule has 2 atom stereocenters. The molecular formula is C27H31NO2. The quantitative estimate of drug-likeness (QED) is 0.590. The third-order valence-electron chi connectivity index (χ3n) is 6.30. The minimum absolute atomic E-state index is 0.123. The first-order chi connectivity index (χ1) is 14.6. The Bertz CT molecular complexity index is 949. The van der Waals surface area contributed by atoms with Crippen LogP contribution in [0.2, 0.25) is 0 Å². The number of morpholine rings is 1. The predicted molar refractivity (Wildman–Crippen MR) is 122 cm³/mol. The summed E-state index contributed by atoms with van der Waals surface area (Å²) in [6.45, 7) is 8.50. The molecule has 1 saturated heterocycles. The molecule has 1 N–H and O–H groups in total. The second-order valence-corrected chi connectivity index (χ2v) is 8.27. The van der Waals surface area contributed by atoms with E-state index in [0.29, 0.717) is 5.75 Å². The largest absolute Gasteiger partial charge is 0.507 e. The van der Waals surface area contributed by atoms with Crippen LogP contribution in [0.25, 0.3) is 0 Å². The van der Waals surface area contributed by atoms with E-state index in [2.05, 4.69) is 85.5 Å². The Kier molecular flexibility index (Phi) is 6.51. The number of nitrogens with zero attached hydrogens (tertiary/aromatic N) is 1. The number of hydrogen-bond acceptors (Lipinski definition) is 3. The lowest BCUT2D eigenvalue weighted by molar-refractivity contribution is 0.0338. The highest BCUT2D eigenvalue weighted by atomic mass is 16.5. The Morgan fingerprint density at radius 2 is 1.37 bits per heavy atom. The minimum Gasteiger partial charge on any atom is -0.507 e. The van der Waals surface area contributed by atoms with Crippen LogP contribution in [0.4, 0.5) is 0 Å². The summed E-state index contributed by atoms with van der Waals surface area (Å²) >= 11 is 0. The van der Waals surface area contributed by atoms with Gasteiger partial charge in [0, 0.05) is 42.6 Å². The van der Waals surface area contributed by atoms with Gasteiger partial charge < -0.3 is 9.84 Å². The zero-order chi connectivity index (χ0) is 20.9. The van der Waals surface area contributed by atoms with Gasteiger partial charge >= 0.3 is 0 Å². The Labute approximate surface area is 179 Å². The van der Waals surface area contributed by atoms with Crippen LogP contribution < -0.4 is 0 Å². The van der Waals surface area contributed by atoms with E-state index < -0.39 is 0 Å². The average Bonchev–Trinajstić information content (AvgIpc) is 2.81. The van der Waals surface area contributed by atoms with Gasteiger partial charge in [0.05, 0.1) is 13.2 Å². The normalized spacial score (nSPS) is 16.9. The summed E-state index contributed by atoms with van der Waals surface area (Å²) < 4.78 is 5.50. The van der Waals surface area contributed by atoms with Crippen molar-refractivity contribution in [2.24, 2.45) is 0 Å². The van der Waals surface area contributed by atoms with E-state index in [0.717, 1.165) is 44.0 Å². The zero-order valence-corrected chi connectivity index (χ0v) is 17.9. The molecule has 1 heterocycles. The summed E-state index contributed by atoms with van der Waals surface area (Å²) in [5, 5.41) is 11.3. The second-order valence-electron chi connectivity index (χ2n) is 8.27. The lowest BCUT2D eigenvalue weighted by Gasteiger charge is -2.28. The van der Waals surface area contributed by atoms with E-state index in [1.54, 1.807) is 0 Å². The summed E-state index contributed by atoms with van der Waals surface area (Å²) in [6, 6.07) is 25.4. The summed E-state index contributed by atoms with van der Waals surface area (Å²) in [6.07, 6.45) is 0. The van der Waals surface area contributed by atoms with Crippen LogP contribution in [0.1, 0.15) is 53.5 Å². The molecule has 30 heavy (non-hydrogen) atoms. The molecule has 3 aromatic rings. The molecule has 1 aliphatic rings. The number of ether oxygens (including phenoxy) is 1. The van der Waals surface area contributed by atoms with Crippen molar-refractivity contribution in [1.29, 1.82) is 0 Å². The Morgan fingerprint density at radius 3 is 1.97 bits per heavy atom. The predicted octanol–water partition coefficient (Wildman–Crippen LogP) is 5.53. The lowest BCUT2D eigenvalue weighted by atomic mass is 9.85. The van der Waals surface area contributed by atoms with Crippen LogP contribution in [0.15, 0.2) is 72.8 Å². The van der Waals surface area contributed by atoms with Gasteiger partial charge in [0.25, 0.3) is 0 Å². The van der Waals surface area contributed by atoms with Crippen molar-refractivity contribution < 1.29 is 9.84 Å². The molecule has 0 bridgehead atoms. The number of aromatic hydroxyl groups is 1. The van der Waals surface area contributed by atoms with E-state index in [9.17, 15) is 5.11 Å². The highest BCUT2D eigenvalue weighted by molar-refractivity contribution is 5.50. The molecule has 0 spiro atoms.